The van der Waals surface area contributed by atoms with E-state index in [1.807, 2.05) is 31.2 Å². The van der Waals surface area contributed by atoms with Gasteiger partial charge in [0.1, 0.15) is 12.4 Å². The molecule has 1 fully saturated rings. The summed E-state index contributed by atoms with van der Waals surface area (Å²) < 4.78 is 8.23. The van der Waals surface area contributed by atoms with Crippen molar-refractivity contribution in [3.63, 3.8) is 0 Å². The Kier molecular flexibility index (Phi) is 7.43. The van der Waals surface area contributed by atoms with Crippen molar-refractivity contribution in [3.05, 3.63) is 106 Å². The van der Waals surface area contributed by atoms with Crippen LogP contribution in [0.3, 0.4) is 0 Å². The number of hydrogen-bond acceptors (Lipinski definition) is 4. The van der Waals surface area contributed by atoms with Crippen LogP contribution in [0.15, 0.2) is 77.8 Å². The first-order valence-corrected chi connectivity index (χ1v) is 13.7. The highest BCUT2D eigenvalue weighted by Crippen LogP contribution is 2.34. The normalized spacial score (nSPS) is 14.9. The topological polar surface area (TPSA) is 51.5 Å². The summed E-state index contributed by atoms with van der Waals surface area (Å²) >= 11 is 0.990. The molecule has 4 aromatic rings. The Morgan fingerprint density at radius 2 is 1.68 bits per heavy atom. The van der Waals surface area contributed by atoms with E-state index in [1.54, 1.807) is 0 Å². The molecule has 0 unspecified atom stereocenters. The van der Waals surface area contributed by atoms with E-state index in [1.165, 1.54) is 16.0 Å². The molecule has 0 spiro atoms. The van der Waals surface area contributed by atoms with E-state index in [2.05, 4.69) is 80.1 Å². The van der Waals surface area contributed by atoms with Crippen LogP contribution in [0.1, 0.15) is 47.6 Å². The molecule has 0 saturated carbocycles. The van der Waals surface area contributed by atoms with Crippen LogP contribution in [0.4, 0.5) is 4.79 Å². The zero-order valence-electron chi connectivity index (χ0n) is 22.2. The van der Waals surface area contributed by atoms with E-state index in [0.29, 0.717) is 10.8 Å². The van der Waals surface area contributed by atoms with Gasteiger partial charge in [0.05, 0.1) is 11.4 Å². The lowest BCUT2D eigenvalue weighted by Gasteiger charge is -2.17. The van der Waals surface area contributed by atoms with Crippen molar-refractivity contribution in [2.24, 2.45) is 0 Å². The molecule has 0 N–H and O–H groups in total. The lowest BCUT2D eigenvalue weighted by Crippen LogP contribution is -2.32. The summed E-state index contributed by atoms with van der Waals surface area (Å²) in [5.41, 5.74) is 6.68. The number of hydrogen-bond donors (Lipinski definition) is 0. The molecule has 1 aliphatic rings. The molecule has 6 heteroatoms. The van der Waals surface area contributed by atoms with Crippen molar-refractivity contribution in [1.29, 1.82) is 0 Å². The Morgan fingerprint density at radius 3 is 2.45 bits per heavy atom. The van der Waals surface area contributed by atoms with Crippen molar-refractivity contribution in [2.75, 3.05) is 13.2 Å². The first-order valence-electron chi connectivity index (χ1n) is 12.9. The zero-order valence-corrected chi connectivity index (χ0v) is 23.0. The predicted octanol–water partition coefficient (Wildman–Crippen LogP) is 7.55. The number of aromatic nitrogens is 1. The van der Waals surface area contributed by atoms with E-state index >= 15 is 0 Å². The van der Waals surface area contributed by atoms with Gasteiger partial charge in [0.2, 0.25) is 0 Å². The van der Waals surface area contributed by atoms with Crippen molar-refractivity contribution < 1.29 is 14.3 Å². The van der Waals surface area contributed by atoms with Gasteiger partial charge in [-0.1, -0.05) is 74.0 Å². The summed E-state index contributed by atoms with van der Waals surface area (Å²) in [5, 5.41) is 0.789. The van der Waals surface area contributed by atoms with E-state index in [-0.39, 0.29) is 24.3 Å². The molecule has 0 bridgehead atoms. The number of nitrogens with zero attached hydrogens (tertiary/aromatic N) is 2. The minimum absolute atomic E-state index is 0.211. The number of ether oxygens (including phenoxy) is 1. The average molecular weight is 525 g/mol. The molecule has 0 aliphatic carbocycles. The highest BCUT2D eigenvalue weighted by atomic mass is 32.2. The SMILES string of the molecule is Cc1ccc(Cn2cc(/C=C3\SC(=O)N(CCOc4cc(C)ccc4C(C)C)C3=O)c3ccccc32)cc1. The van der Waals surface area contributed by atoms with Crippen LogP contribution in [-0.4, -0.2) is 33.8 Å². The molecule has 38 heavy (non-hydrogen) atoms. The third kappa shape index (κ3) is 5.41. The Balaban J connectivity index is 1.33. The third-order valence-electron chi connectivity index (χ3n) is 6.82. The van der Waals surface area contributed by atoms with E-state index in [4.69, 9.17) is 4.74 Å². The average Bonchev–Trinajstić information content (AvgIpc) is 3.37. The highest BCUT2D eigenvalue weighted by Gasteiger charge is 2.35. The number of amides is 2. The number of rotatable bonds is 8. The Morgan fingerprint density at radius 1 is 0.947 bits per heavy atom. The largest absolute Gasteiger partial charge is 0.491 e. The first kappa shape index (κ1) is 25.9. The minimum Gasteiger partial charge on any atom is -0.491 e. The van der Waals surface area contributed by atoms with E-state index in [9.17, 15) is 9.59 Å². The van der Waals surface area contributed by atoms with Crippen LogP contribution < -0.4 is 4.74 Å². The Labute approximate surface area is 228 Å². The quantitative estimate of drug-likeness (QED) is 0.223. The van der Waals surface area contributed by atoms with Crippen molar-refractivity contribution in [1.82, 2.24) is 9.47 Å². The number of thioether (sulfide) groups is 1. The van der Waals surface area contributed by atoms with Gasteiger partial charge in [-0.3, -0.25) is 14.5 Å². The number of imide groups is 1. The fourth-order valence-corrected chi connectivity index (χ4v) is 5.59. The molecule has 1 aromatic heterocycles. The standard InChI is InChI=1S/C32H32N2O3S/c1-21(2)26-14-11-23(4)17-29(26)37-16-15-34-31(35)30(38-32(34)36)18-25-20-33(28-8-6-5-7-27(25)28)19-24-12-9-22(3)10-13-24/h5-14,17-18,20-21H,15-16,19H2,1-4H3/b30-18-. The monoisotopic (exact) mass is 524 g/mol. The third-order valence-corrected chi connectivity index (χ3v) is 7.72. The fraction of sp³-hybridized carbons (Fsp3) is 0.250. The lowest BCUT2D eigenvalue weighted by molar-refractivity contribution is -0.123. The summed E-state index contributed by atoms with van der Waals surface area (Å²) in [6, 6.07) is 22.8. The molecule has 2 amide bonds. The van der Waals surface area contributed by atoms with Crippen molar-refractivity contribution in [2.45, 2.75) is 40.2 Å². The van der Waals surface area contributed by atoms with Crippen molar-refractivity contribution in [3.8, 4) is 5.75 Å². The van der Waals surface area contributed by atoms with Crippen LogP contribution in [-0.2, 0) is 11.3 Å². The molecule has 5 rings (SSSR count). The maximum atomic E-state index is 13.2. The van der Waals surface area contributed by atoms with Crippen LogP contribution in [0.2, 0.25) is 0 Å². The second kappa shape index (κ2) is 10.9. The van der Waals surface area contributed by atoms with Gasteiger partial charge in [-0.2, -0.15) is 0 Å². The fourth-order valence-electron chi connectivity index (χ4n) is 4.74. The van der Waals surface area contributed by atoms with Gasteiger partial charge >= 0.3 is 0 Å². The number of aryl methyl sites for hydroxylation is 2. The molecule has 5 nitrogen and oxygen atoms in total. The van der Waals surface area contributed by atoms with Gasteiger partial charge in [-0.05, 0) is 66.4 Å². The van der Waals surface area contributed by atoms with Gasteiger partial charge < -0.3 is 9.30 Å². The predicted molar refractivity (Wildman–Crippen MR) is 156 cm³/mol. The van der Waals surface area contributed by atoms with Gasteiger partial charge in [-0.15, -0.1) is 0 Å². The minimum atomic E-state index is -0.271. The van der Waals surface area contributed by atoms with Crippen LogP contribution in [0, 0.1) is 13.8 Å². The van der Waals surface area contributed by atoms with Crippen LogP contribution in [0.5, 0.6) is 5.75 Å². The molecule has 1 aliphatic heterocycles. The van der Waals surface area contributed by atoms with Crippen LogP contribution in [0.25, 0.3) is 17.0 Å². The maximum absolute atomic E-state index is 13.2. The molecule has 0 radical (unpaired) electrons. The molecular weight excluding hydrogens is 492 g/mol. The van der Waals surface area contributed by atoms with Gasteiger partial charge in [0.25, 0.3) is 11.1 Å². The Bertz CT molecular complexity index is 1530. The molecule has 194 valence electrons. The highest BCUT2D eigenvalue weighted by molar-refractivity contribution is 8.18. The summed E-state index contributed by atoms with van der Waals surface area (Å²) in [6.07, 6.45) is 3.91. The Hall–Kier alpha value is -3.77. The second-order valence-corrected chi connectivity index (χ2v) is 11.1. The number of carbonyl (C=O) groups is 2. The molecule has 0 atom stereocenters. The molecular formula is C32H32N2O3S. The number of para-hydroxylation sites is 1. The van der Waals surface area contributed by atoms with E-state index < -0.39 is 0 Å². The van der Waals surface area contributed by atoms with Crippen molar-refractivity contribution >= 4 is 39.9 Å². The number of benzene rings is 3. The van der Waals surface area contributed by atoms with Gasteiger partial charge in [0.15, 0.2) is 0 Å². The number of carbonyl (C=O) groups excluding carboxylic acids is 2. The number of fused-ring (bicyclic) bond motifs is 1. The maximum Gasteiger partial charge on any atom is 0.293 e. The summed E-state index contributed by atoms with van der Waals surface area (Å²) in [5.74, 6) is 0.857. The van der Waals surface area contributed by atoms with Crippen LogP contribution >= 0.6 is 11.8 Å². The molecule has 1 saturated heterocycles. The lowest BCUT2D eigenvalue weighted by atomic mass is 10.0. The summed E-state index contributed by atoms with van der Waals surface area (Å²) in [4.78, 5) is 27.7. The first-order chi connectivity index (χ1) is 18.3. The van der Waals surface area contributed by atoms with Gasteiger partial charge in [0, 0.05) is 29.2 Å². The van der Waals surface area contributed by atoms with Gasteiger partial charge in [-0.25, -0.2) is 0 Å². The summed E-state index contributed by atoms with van der Waals surface area (Å²) in [6.45, 7) is 9.54. The second-order valence-electron chi connectivity index (χ2n) is 10.1. The molecule has 2 heterocycles. The molecule has 3 aromatic carbocycles. The smallest absolute Gasteiger partial charge is 0.293 e. The summed E-state index contributed by atoms with van der Waals surface area (Å²) in [7, 11) is 0. The zero-order chi connectivity index (χ0) is 26.8. The van der Waals surface area contributed by atoms with E-state index in [0.717, 1.165) is 51.6 Å².